The first-order valence-electron chi connectivity index (χ1n) is 9.70. The van der Waals surface area contributed by atoms with Gasteiger partial charge in [0, 0.05) is 12.1 Å². The Morgan fingerprint density at radius 3 is 2.16 bits per heavy atom. The second-order valence-corrected chi connectivity index (χ2v) is 7.54. The van der Waals surface area contributed by atoms with Crippen molar-refractivity contribution in [3.8, 4) is 0 Å². The number of rotatable bonds is 6. The lowest BCUT2D eigenvalue weighted by Gasteiger charge is -2.44. The Balaban J connectivity index is 1.95. The molecule has 140 valence electrons. The van der Waals surface area contributed by atoms with Gasteiger partial charge >= 0.3 is 5.95 Å². The molecule has 0 radical (unpaired) electrons. The van der Waals surface area contributed by atoms with Gasteiger partial charge in [0.05, 0.1) is 6.61 Å². The van der Waals surface area contributed by atoms with Crippen LogP contribution in [0.1, 0.15) is 76.1 Å². The molecule has 2 fully saturated rings. The Morgan fingerprint density at radius 1 is 1.20 bits per heavy atom. The number of nitrogens with zero attached hydrogens (tertiary/aromatic N) is 4. The molecule has 0 aromatic carbocycles. The second kappa shape index (κ2) is 8.27. The number of aliphatic hydroxyl groups excluding tert-OH is 1. The minimum absolute atomic E-state index is 0.121. The number of hydrogen-bond acceptors (Lipinski definition) is 5. The third-order valence-corrected chi connectivity index (χ3v) is 5.82. The molecule has 1 N–H and O–H groups in total. The minimum atomic E-state index is -0.435. The van der Waals surface area contributed by atoms with Gasteiger partial charge in [0.15, 0.2) is 6.17 Å². The third kappa shape index (κ3) is 4.03. The maximum absolute atomic E-state index is 11.5. The molecule has 3 rings (SSSR count). The van der Waals surface area contributed by atoms with E-state index in [0.29, 0.717) is 17.8 Å². The molecule has 1 aromatic heterocycles. The van der Waals surface area contributed by atoms with E-state index in [2.05, 4.69) is 9.88 Å². The van der Waals surface area contributed by atoms with Gasteiger partial charge in [-0.2, -0.15) is 0 Å². The smallest absolute Gasteiger partial charge is 0.391 e. The van der Waals surface area contributed by atoms with Gasteiger partial charge in [-0.1, -0.05) is 43.5 Å². The topological polar surface area (TPSA) is 84.4 Å². The first-order valence-corrected chi connectivity index (χ1v) is 9.70. The maximum atomic E-state index is 11.5. The number of aromatic nitrogens is 2. The molecule has 0 bridgehead atoms. The highest BCUT2D eigenvalue weighted by Gasteiger charge is 2.38. The molecule has 25 heavy (non-hydrogen) atoms. The molecule has 2 aliphatic rings. The molecule has 2 saturated carbocycles. The van der Waals surface area contributed by atoms with Crippen LogP contribution in [0.25, 0.3) is 0 Å². The molecule has 0 saturated heterocycles. The van der Waals surface area contributed by atoms with Crippen LogP contribution in [-0.4, -0.2) is 43.2 Å². The number of hydrogen-bond donors (Lipinski definition) is 1. The van der Waals surface area contributed by atoms with E-state index in [1.807, 2.05) is 0 Å². The van der Waals surface area contributed by atoms with Gasteiger partial charge in [0.1, 0.15) is 11.9 Å². The van der Waals surface area contributed by atoms with Crippen LogP contribution in [0.3, 0.4) is 0 Å². The average Bonchev–Trinajstić information content (AvgIpc) is 3.03. The molecule has 0 amide bonds. The molecule has 0 spiro atoms. The van der Waals surface area contributed by atoms with E-state index in [9.17, 15) is 15.2 Å². The van der Waals surface area contributed by atoms with E-state index >= 15 is 0 Å². The first kappa shape index (κ1) is 18.3. The lowest BCUT2D eigenvalue weighted by atomic mass is 9.88. The Bertz CT molecular complexity index is 559. The summed E-state index contributed by atoms with van der Waals surface area (Å²) in [4.78, 5) is 17.5. The van der Waals surface area contributed by atoms with Gasteiger partial charge in [0.25, 0.3) is 0 Å². The summed E-state index contributed by atoms with van der Waals surface area (Å²) in [6.07, 6.45) is 13.2. The van der Waals surface area contributed by atoms with Crippen LogP contribution in [0, 0.1) is 17.0 Å². The van der Waals surface area contributed by atoms with Crippen LogP contribution in [0.15, 0.2) is 6.20 Å². The van der Waals surface area contributed by atoms with Crippen molar-refractivity contribution < 1.29 is 10.0 Å². The molecule has 0 aliphatic heterocycles. The van der Waals surface area contributed by atoms with Gasteiger partial charge in [-0.25, -0.2) is 4.57 Å². The fourth-order valence-electron chi connectivity index (χ4n) is 4.73. The lowest BCUT2D eigenvalue weighted by molar-refractivity contribution is -0.398. The van der Waals surface area contributed by atoms with Gasteiger partial charge in [-0.05, 0) is 37.5 Å². The Kier molecular flexibility index (Phi) is 6.06. The van der Waals surface area contributed by atoms with Gasteiger partial charge in [-0.3, -0.25) is 4.90 Å². The highest BCUT2D eigenvalue weighted by molar-refractivity contribution is 5.15. The monoisotopic (exact) mass is 350 g/mol. The summed E-state index contributed by atoms with van der Waals surface area (Å²) in [5.74, 6) is -0.159. The second-order valence-electron chi connectivity index (χ2n) is 7.54. The maximum Gasteiger partial charge on any atom is 0.436 e. The van der Waals surface area contributed by atoms with Crippen molar-refractivity contribution >= 4 is 5.95 Å². The van der Waals surface area contributed by atoms with Crippen LogP contribution < -0.4 is 0 Å². The quantitative estimate of drug-likeness (QED) is 0.626. The fourth-order valence-corrected chi connectivity index (χ4v) is 4.73. The third-order valence-electron chi connectivity index (χ3n) is 5.82. The lowest BCUT2D eigenvalue weighted by Crippen LogP contribution is -2.50. The van der Waals surface area contributed by atoms with E-state index in [1.165, 1.54) is 38.5 Å². The molecule has 1 atom stereocenters. The summed E-state index contributed by atoms with van der Waals surface area (Å²) in [6, 6.07) is 0.799. The zero-order valence-electron chi connectivity index (χ0n) is 15.1. The Hall–Kier alpha value is -1.47. The number of imidazole rings is 1. The number of aryl methyl sites for hydroxylation is 1. The standard InChI is InChI=1S/C18H30N4O3/c1-14-12-20(18(19-14)22(24)25)17(13-23)21(15-8-4-2-5-9-15)16-10-6-3-7-11-16/h12,15-17,23H,2-11,13H2,1H3. The van der Waals surface area contributed by atoms with Crippen LogP contribution >= 0.6 is 0 Å². The molecule has 7 heteroatoms. The Morgan fingerprint density at radius 2 is 1.72 bits per heavy atom. The van der Waals surface area contributed by atoms with Crippen LogP contribution in [-0.2, 0) is 0 Å². The van der Waals surface area contributed by atoms with Gasteiger partial charge < -0.3 is 15.2 Å². The Labute approximate surface area is 149 Å². The van der Waals surface area contributed by atoms with Crippen molar-refractivity contribution in [1.82, 2.24) is 14.5 Å². The van der Waals surface area contributed by atoms with Crippen LogP contribution in [0.2, 0.25) is 0 Å². The normalized spacial score (nSPS) is 21.6. The highest BCUT2D eigenvalue weighted by atomic mass is 16.6. The van der Waals surface area contributed by atoms with E-state index in [4.69, 9.17) is 0 Å². The van der Waals surface area contributed by atoms with Crippen molar-refractivity contribution in [1.29, 1.82) is 0 Å². The molecular weight excluding hydrogens is 320 g/mol. The highest BCUT2D eigenvalue weighted by Crippen LogP contribution is 2.36. The predicted molar refractivity (Wildman–Crippen MR) is 95.3 cm³/mol. The van der Waals surface area contributed by atoms with Gasteiger partial charge in [0.2, 0.25) is 0 Å². The average molecular weight is 350 g/mol. The van der Waals surface area contributed by atoms with E-state index < -0.39 is 11.1 Å². The van der Waals surface area contributed by atoms with Crippen molar-refractivity contribution in [2.75, 3.05) is 6.61 Å². The SMILES string of the molecule is Cc1cn(C(CO)N(C2CCCCC2)C2CCCCC2)c([N+](=O)[O-])n1. The van der Waals surface area contributed by atoms with Crippen molar-refractivity contribution in [2.24, 2.45) is 0 Å². The first-order chi connectivity index (χ1) is 12.1. The van der Waals surface area contributed by atoms with Gasteiger partial charge in [-0.15, -0.1) is 0 Å². The molecule has 2 aliphatic carbocycles. The number of aliphatic hydroxyl groups is 1. The molecule has 1 aromatic rings. The van der Waals surface area contributed by atoms with Crippen molar-refractivity contribution in [3.63, 3.8) is 0 Å². The van der Waals surface area contributed by atoms with E-state index in [1.54, 1.807) is 17.7 Å². The van der Waals surface area contributed by atoms with E-state index in [-0.39, 0.29) is 12.6 Å². The number of nitro groups is 1. The molecular formula is C18H30N4O3. The summed E-state index contributed by atoms with van der Waals surface area (Å²) < 4.78 is 1.60. The zero-order valence-corrected chi connectivity index (χ0v) is 15.1. The predicted octanol–water partition coefficient (Wildman–Crippen LogP) is 3.56. The fraction of sp³-hybridized carbons (Fsp3) is 0.833. The summed E-state index contributed by atoms with van der Waals surface area (Å²) in [5, 5.41) is 21.7. The largest absolute Gasteiger partial charge is 0.436 e. The zero-order chi connectivity index (χ0) is 17.8. The summed E-state index contributed by atoms with van der Waals surface area (Å²) in [7, 11) is 0. The van der Waals surface area contributed by atoms with Crippen molar-refractivity contribution in [2.45, 2.75) is 89.4 Å². The summed E-state index contributed by atoms with van der Waals surface area (Å²) >= 11 is 0. The molecule has 1 heterocycles. The van der Waals surface area contributed by atoms with Crippen LogP contribution in [0.4, 0.5) is 5.95 Å². The summed E-state index contributed by atoms with van der Waals surface area (Å²) in [5.41, 5.74) is 0.623. The van der Waals surface area contributed by atoms with E-state index in [0.717, 1.165) is 25.7 Å². The molecule has 7 nitrogen and oxygen atoms in total. The van der Waals surface area contributed by atoms with Crippen molar-refractivity contribution in [3.05, 3.63) is 22.0 Å². The molecule has 1 unspecified atom stereocenters. The van der Waals surface area contributed by atoms with Crippen LogP contribution in [0.5, 0.6) is 0 Å². The summed E-state index contributed by atoms with van der Waals surface area (Å²) in [6.45, 7) is 1.65. The minimum Gasteiger partial charge on any atom is -0.391 e.